The van der Waals surface area contributed by atoms with Crippen molar-refractivity contribution in [1.82, 2.24) is 15.0 Å². The van der Waals surface area contributed by atoms with Gasteiger partial charge in [0, 0.05) is 23.5 Å². The molecule has 0 N–H and O–H groups in total. The zero-order valence-corrected chi connectivity index (χ0v) is 13.6. The summed E-state index contributed by atoms with van der Waals surface area (Å²) in [5.74, 6) is 0.724. The van der Waals surface area contributed by atoms with E-state index in [0.717, 1.165) is 28.0 Å². The Labute approximate surface area is 140 Å². The van der Waals surface area contributed by atoms with Crippen molar-refractivity contribution in [3.05, 3.63) is 72.8 Å². The van der Waals surface area contributed by atoms with Crippen LogP contribution in [0.15, 0.2) is 67.3 Å². The Morgan fingerprint density at radius 3 is 2.46 bits per heavy atom. The Morgan fingerprint density at radius 2 is 1.67 bits per heavy atom. The van der Waals surface area contributed by atoms with Gasteiger partial charge in [0.1, 0.15) is 5.69 Å². The summed E-state index contributed by atoms with van der Waals surface area (Å²) in [5.41, 5.74) is 5.55. The molecule has 4 aromatic rings. The maximum atomic E-state index is 4.55. The number of benzene rings is 2. The molecule has 0 aliphatic rings. The molecule has 4 nitrogen and oxygen atoms in total. The third kappa shape index (κ3) is 2.42. The van der Waals surface area contributed by atoms with Crippen LogP contribution >= 0.6 is 0 Å². The fraction of sp³-hybridized carbons (Fsp3) is 0.100. The lowest BCUT2D eigenvalue weighted by Crippen LogP contribution is -2.31. The second kappa shape index (κ2) is 5.81. The number of rotatable bonds is 2. The van der Waals surface area contributed by atoms with E-state index in [0.29, 0.717) is 0 Å². The van der Waals surface area contributed by atoms with Gasteiger partial charge in [0.25, 0.3) is 6.33 Å². The minimum Gasteiger partial charge on any atom is -0.237 e. The topological polar surface area (TPSA) is 42.6 Å². The highest BCUT2D eigenvalue weighted by Gasteiger charge is 2.17. The molecule has 0 saturated carbocycles. The van der Waals surface area contributed by atoms with Gasteiger partial charge in [-0.25, -0.2) is 14.5 Å². The molecule has 4 heteroatoms. The second-order valence-corrected chi connectivity index (χ2v) is 5.82. The van der Waals surface area contributed by atoms with Crippen LogP contribution in [0.1, 0.15) is 5.56 Å². The number of hydrogen-bond donors (Lipinski definition) is 0. The quantitative estimate of drug-likeness (QED) is 0.532. The Bertz CT molecular complexity index is 1030. The summed E-state index contributed by atoms with van der Waals surface area (Å²) in [6.45, 7) is 2.13. The van der Waals surface area contributed by atoms with Gasteiger partial charge in [-0.15, -0.1) is 0 Å². The molecule has 2 heterocycles. The van der Waals surface area contributed by atoms with E-state index in [-0.39, 0.29) is 0 Å². The van der Waals surface area contributed by atoms with E-state index in [1.807, 2.05) is 31.6 Å². The molecule has 0 bridgehead atoms. The fourth-order valence-corrected chi connectivity index (χ4v) is 3.00. The summed E-state index contributed by atoms with van der Waals surface area (Å²) >= 11 is 0. The van der Waals surface area contributed by atoms with E-state index in [9.17, 15) is 0 Å². The first-order chi connectivity index (χ1) is 11.7. The first-order valence-corrected chi connectivity index (χ1v) is 7.86. The van der Waals surface area contributed by atoms with Crippen LogP contribution in [0, 0.1) is 6.92 Å². The molecular formula is C20H17N4+. The summed E-state index contributed by atoms with van der Waals surface area (Å²) in [5, 5.41) is 1.10. The highest BCUT2D eigenvalue weighted by Crippen LogP contribution is 2.29. The van der Waals surface area contributed by atoms with Gasteiger partial charge in [0.15, 0.2) is 11.3 Å². The lowest BCUT2D eigenvalue weighted by Gasteiger charge is -2.09. The SMILES string of the molecule is Cc1ccccc1-c1c2cc(-c3ncccn3)ccc2nc[n+]1C. The molecule has 0 fully saturated rings. The molecule has 0 unspecified atom stereocenters. The lowest BCUT2D eigenvalue weighted by molar-refractivity contribution is -0.662. The monoisotopic (exact) mass is 313 g/mol. The van der Waals surface area contributed by atoms with Crippen LogP contribution in [0.3, 0.4) is 0 Å². The number of aryl methyl sites for hydroxylation is 2. The predicted molar refractivity (Wildman–Crippen MR) is 94.1 cm³/mol. The van der Waals surface area contributed by atoms with Crippen LogP contribution in [0.4, 0.5) is 0 Å². The third-order valence-electron chi connectivity index (χ3n) is 4.20. The summed E-state index contributed by atoms with van der Waals surface area (Å²) < 4.78 is 2.07. The molecule has 0 spiro atoms. The number of fused-ring (bicyclic) bond motifs is 1. The predicted octanol–water partition coefficient (Wildman–Crippen LogP) is 3.49. The van der Waals surface area contributed by atoms with Crippen molar-refractivity contribution >= 4 is 10.9 Å². The number of aromatic nitrogens is 4. The molecule has 4 rings (SSSR count). The smallest absolute Gasteiger partial charge is 0.237 e. The van der Waals surface area contributed by atoms with E-state index in [2.05, 4.69) is 56.8 Å². The van der Waals surface area contributed by atoms with Gasteiger partial charge >= 0.3 is 0 Å². The molecule has 0 atom stereocenters. The third-order valence-corrected chi connectivity index (χ3v) is 4.20. The van der Waals surface area contributed by atoms with Gasteiger partial charge in [-0.2, -0.15) is 0 Å². The van der Waals surface area contributed by atoms with Crippen molar-refractivity contribution in [2.24, 2.45) is 7.05 Å². The second-order valence-electron chi connectivity index (χ2n) is 5.82. The molecule has 0 saturated heterocycles. The molecule has 0 radical (unpaired) electrons. The molecule has 2 aromatic carbocycles. The summed E-state index contributed by atoms with van der Waals surface area (Å²) in [6.07, 6.45) is 5.39. The highest BCUT2D eigenvalue weighted by molar-refractivity contribution is 5.93. The molecule has 2 aromatic heterocycles. The van der Waals surface area contributed by atoms with Crippen molar-refractivity contribution in [1.29, 1.82) is 0 Å². The van der Waals surface area contributed by atoms with Crippen LogP contribution in [0.2, 0.25) is 0 Å². The van der Waals surface area contributed by atoms with Gasteiger partial charge in [0.05, 0.1) is 12.4 Å². The minimum absolute atomic E-state index is 0.724. The van der Waals surface area contributed by atoms with E-state index >= 15 is 0 Å². The van der Waals surface area contributed by atoms with Crippen LogP contribution < -0.4 is 4.57 Å². The Balaban J connectivity index is 2.02. The van der Waals surface area contributed by atoms with Crippen LogP contribution in [0.25, 0.3) is 33.5 Å². The van der Waals surface area contributed by atoms with E-state index in [1.165, 1.54) is 11.1 Å². The largest absolute Gasteiger partial charge is 0.287 e. The van der Waals surface area contributed by atoms with Gasteiger partial charge in [-0.3, -0.25) is 0 Å². The molecule has 0 amide bonds. The molecule has 24 heavy (non-hydrogen) atoms. The standard InChI is InChI=1S/C20H17N4/c1-14-6-3-4-7-16(14)19-17-12-15(20-21-10-5-11-22-20)8-9-18(17)23-13-24(19)2/h3-13H,1-2H3/q+1. The van der Waals surface area contributed by atoms with Crippen LogP contribution in [-0.4, -0.2) is 15.0 Å². The van der Waals surface area contributed by atoms with E-state index in [4.69, 9.17) is 0 Å². The maximum absolute atomic E-state index is 4.55. The van der Waals surface area contributed by atoms with Crippen molar-refractivity contribution in [3.63, 3.8) is 0 Å². The minimum atomic E-state index is 0.724. The van der Waals surface area contributed by atoms with Crippen LogP contribution in [0.5, 0.6) is 0 Å². The first kappa shape index (κ1) is 14.5. The molecular weight excluding hydrogens is 296 g/mol. The molecule has 0 aliphatic carbocycles. The van der Waals surface area contributed by atoms with Crippen molar-refractivity contribution in [2.75, 3.05) is 0 Å². The zero-order valence-electron chi connectivity index (χ0n) is 13.6. The van der Waals surface area contributed by atoms with Gasteiger partial charge in [-0.05, 0) is 41.7 Å². The molecule has 0 aliphatic heterocycles. The van der Waals surface area contributed by atoms with E-state index in [1.54, 1.807) is 12.4 Å². The Morgan fingerprint density at radius 1 is 0.875 bits per heavy atom. The summed E-state index contributed by atoms with van der Waals surface area (Å²) in [4.78, 5) is 13.3. The van der Waals surface area contributed by atoms with Crippen molar-refractivity contribution in [2.45, 2.75) is 6.92 Å². The average molecular weight is 313 g/mol. The molecule has 116 valence electrons. The van der Waals surface area contributed by atoms with Gasteiger partial charge in [0.2, 0.25) is 0 Å². The summed E-state index contributed by atoms with van der Waals surface area (Å²) in [7, 11) is 2.03. The average Bonchev–Trinajstić information content (AvgIpc) is 2.63. The highest BCUT2D eigenvalue weighted by atomic mass is 15.0. The summed E-state index contributed by atoms with van der Waals surface area (Å²) in [6, 6.07) is 16.4. The van der Waals surface area contributed by atoms with Gasteiger partial charge in [-0.1, -0.05) is 24.3 Å². The normalized spacial score (nSPS) is 10.9. The Hall–Kier alpha value is -3.14. The van der Waals surface area contributed by atoms with Crippen molar-refractivity contribution in [3.8, 4) is 22.6 Å². The first-order valence-electron chi connectivity index (χ1n) is 7.86. The van der Waals surface area contributed by atoms with Crippen LogP contribution in [-0.2, 0) is 7.05 Å². The zero-order chi connectivity index (χ0) is 16.5. The fourth-order valence-electron chi connectivity index (χ4n) is 3.00. The maximum Gasteiger partial charge on any atom is 0.287 e. The van der Waals surface area contributed by atoms with E-state index < -0.39 is 0 Å². The lowest BCUT2D eigenvalue weighted by atomic mass is 10.00. The van der Waals surface area contributed by atoms with Crippen molar-refractivity contribution < 1.29 is 4.57 Å². The Kier molecular flexibility index (Phi) is 3.50. The van der Waals surface area contributed by atoms with Gasteiger partial charge < -0.3 is 0 Å². The number of hydrogen-bond acceptors (Lipinski definition) is 3. The number of nitrogens with zero attached hydrogens (tertiary/aromatic N) is 4.